The third-order valence-electron chi connectivity index (χ3n) is 4.13. The van der Waals surface area contributed by atoms with E-state index in [0.717, 1.165) is 25.7 Å². The molecule has 0 atom stereocenters. The number of hydrogen-bond donors (Lipinski definition) is 2. The minimum atomic E-state index is -3.60. The van der Waals surface area contributed by atoms with Crippen LogP contribution in [-0.4, -0.2) is 27.5 Å². The number of carbonyl (C=O) groups excluding carboxylic acids is 1. The first-order valence-corrected chi connectivity index (χ1v) is 9.28. The Morgan fingerprint density at radius 2 is 1.87 bits per heavy atom. The number of carbonyl (C=O) groups is 1. The molecule has 0 saturated heterocycles. The first kappa shape index (κ1) is 17.7. The van der Waals surface area contributed by atoms with E-state index in [9.17, 15) is 13.2 Å². The molecule has 0 radical (unpaired) electrons. The Labute approximate surface area is 137 Å². The Kier molecular flexibility index (Phi) is 5.64. The van der Waals surface area contributed by atoms with Crippen LogP contribution in [0.5, 0.6) is 5.75 Å². The van der Waals surface area contributed by atoms with Gasteiger partial charge in [-0.25, -0.2) is 13.1 Å². The fourth-order valence-electron chi connectivity index (χ4n) is 2.80. The molecule has 0 aromatic heterocycles. The summed E-state index contributed by atoms with van der Waals surface area (Å²) in [6.07, 6.45) is 3.80. The van der Waals surface area contributed by atoms with Gasteiger partial charge in [0.1, 0.15) is 5.75 Å². The average molecular weight is 340 g/mol. The van der Waals surface area contributed by atoms with Crippen LogP contribution < -0.4 is 14.8 Å². The van der Waals surface area contributed by atoms with Crippen LogP contribution in [0.4, 0.5) is 5.69 Å². The molecule has 1 aromatic carbocycles. The third-order valence-corrected chi connectivity index (χ3v) is 5.65. The molecule has 0 bridgehead atoms. The quantitative estimate of drug-likeness (QED) is 0.862. The van der Waals surface area contributed by atoms with Gasteiger partial charge < -0.3 is 10.1 Å². The Hall–Kier alpha value is -1.60. The number of amides is 1. The van der Waals surface area contributed by atoms with Gasteiger partial charge in [0.2, 0.25) is 15.9 Å². The summed E-state index contributed by atoms with van der Waals surface area (Å²) < 4.78 is 33.0. The van der Waals surface area contributed by atoms with Gasteiger partial charge in [0.25, 0.3) is 0 Å². The fraction of sp³-hybridized carbons (Fsp3) is 0.562. The molecule has 1 fully saturated rings. The van der Waals surface area contributed by atoms with Crippen molar-refractivity contribution in [3.63, 3.8) is 0 Å². The fourth-order valence-corrected chi connectivity index (χ4v) is 4.12. The van der Waals surface area contributed by atoms with Crippen LogP contribution >= 0.6 is 0 Å². The highest BCUT2D eigenvalue weighted by molar-refractivity contribution is 7.89. The van der Waals surface area contributed by atoms with Crippen molar-refractivity contribution >= 4 is 21.6 Å². The van der Waals surface area contributed by atoms with E-state index in [1.165, 1.54) is 32.2 Å². The minimum absolute atomic E-state index is 0.0165. The lowest BCUT2D eigenvalue weighted by Gasteiger charge is -2.26. The van der Waals surface area contributed by atoms with E-state index in [0.29, 0.717) is 17.4 Å². The zero-order valence-corrected chi connectivity index (χ0v) is 14.6. The molecule has 1 aliphatic rings. The molecule has 2 N–H and O–H groups in total. The van der Waals surface area contributed by atoms with E-state index in [4.69, 9.17) is 4.74 Å². The molecule has 1 amide bonds. The highest BCUT2D eigenvalue weighted by atomic mass is 32.2. The van der Waals surface area contributed by atoms with Crippen LogP contribution in [-0.2, 0) is 14.8 Å². The molecule has 23 heavy (non-hydrogen) atoms. The van der Waals surface area contributed by atoms with Crippen molar-refractivity contribution in [1.82, 2.24) is 4.72 Å². The first-order chi connectivity index (χ1) is 10.8. The van der Waals surface area contributed by atoms with Gasteiger partial charge in [0, 0.05) is 19.0 Å². The van der Waals surface area contributed by atoms with Gasteiger partial charge in [-0.15, -0.1) is 0 Å². The normalized spacial score (nSPS) is 21.7. The Balaban J connectivity index is 2.17. The lowest BCUT2D eigenvalue weighted by molar-refractivity contribution is -0.114. The summed E-state index contributed by atoms with van der Waals surface area (Å²) in [5.41, 5.74) is 0.449. The lowest BCUT2D eigenvalue weighted by atomic mass is 9.88. The average Bonchev–Trinajstić information content (AvgIpc) is 2.49. The molecule has 0 heterocycles. The van der Waals surface area contributed by atoms with Crippen molar-refractivity contribution < 1.29 is 17.9 Å². The number of hydrogen-bond acceptors (Lipinski definition) is 4. The molecule has 0 aliphatic heterocycles. The van der Waals surface area contributed by atoms with Gasteiger partial charge in [0.15, 0.2) is 0 Å². The Morgan fingerprint density at radius 1 is 1.22 bits per heavy atom. The standard InChI is InChI=1S/C16H24N2O4S/c1-11-4-6-13(7-5-11)18-23(20,21)14-8-9-15(17-12(2)19)16(10-14)22-3/h8-11,13,18H,4-7H2,1-3H3,(H,17,19). The number of rotatable bonds is 5. The molecule has 6 nitrogen and oxygen atoms in total. The highest BCUT2D eigenvalue weighted by Gasteiger charge is 2.24. The summed E-state index contributed by atoms with van der Waals surface area (Å²) in [6.45, 7) is 3.58. The minimum Gasteiger partial charge on any atom is -0.495 e. The van der Waals surface area contributed by atoms with Crippen LogP contribution in [0.2, 0.25) is 0 Å². The second-order valence-corrected chi connectivity index (χ2v) is 7.84. The van der Waals surface area contributed by atoms with E-state index >= 15 is 0 Å². The number of ether oxygens (including phenoxy) is 1. The van der Waals surface area contributed by atoms with Crippen molar-refractivity contribution in [2.45, 2.75) is 50.5 Å². The molecule has 2 rings (SSSR count). The smallest absolute Gasteiger partial charge is 0.240 e. The van der Waals surface area contributed by atoms with Crippen molar-refractivity contribution in [3.8, 4) is 5.75 Å². The molecule has 1 saturated carbocycles. The summed E-state index contributed by atoms with van der Waals surface area (Å²) in [7, 11) is -2.16. The predicted molar refractivity (Wildman–Crippen MR) is 89.0 cm³/mol. The van der Waals surface area contributed by atoms with Gasteiger partial charge in [-0.05, 0) is 43.7 Å². The third kappa shape index (κ3) is 4.68. The molecule has 0 spiro atoms. The number of nitrogens with one attached hydrogen (secondary N) is 2. The molecule has 7 heteroatoms. The molecule has 128 valence electrons. The van der Waals surface area contributed by atoms with Gasteiger partial charge in [-0.3, -0.25) is 4.79 Å². The van der Waals surface area contributed by atoms with Crippen LogP contribution in [0.1, 0.15) is 39.5 Å². The predicted octanol–water partition coefficient (Wildman–Crippen LogP) is 2.51. The van der Waals surface area contributed by atoms with E-state index in [1.54, 1.807) is 0 Å². The summed E-state index contributed by atoms with van der Waals surface area (Å²) in [6, 6.07) is 4.43. The number of anilines is 1. The summed E-state index contributed by atoms with van der Waals surface area (Å²) in [4.78, 5) is 11.3. The number of methoxy groups -OCH3 is 1. The maximum absolute atomic E-state index is 12.5. The first-order valence-electron chi connectivity index (χ1n) is 7.80. The van der Waals surface area contributed by atoms with Crippen molar-refractivity contribution in [2.75, 3.05) is 12.4 Å². The van der Waals surface area contributed by atoms with Gasteiger partial charge in [-0.1, -0.05) is 6.92 Å². The Bertz CT molecular complexity index is 665. The van der Waals surface area contributed by atoms with Gasteiger partial charge in [0.05, 0.1) is 17.7 Å². The summed E-state index contributed by atoms with van der Waals surface area (Å²) >= 11 is 0. The van der Waals surface area contributed by atoms with Crippen LogP contribution in [0.3, 0.4) is 0 Å². The van der Waals surface area contributed by atoms with Crippen molar-refractivity contribution in [2.24, 2.45) is 5.92 Å². The zero-order chi connectivity index (χ0) is 17.0. The maximum atomic E-state index is 12.5. The van der Waals surface area contributed by atoms with Gasteiger partial charge >= 0.3 is 0 Å². The SMILES string of the molecule is COc1cc(S(=O)(=O)NC2CCC(C)CC2)ccc1NC(C)=O. The summed E-state index contributed by atoms with van der Waals surface area (Å²) in [5, 5.41) is 2.61. The maximum Gasteiger partial charge on any atom is 0.240 e. The second-order valence-electron chi connectivity index (χ2n) is 6.12. The molecule has 1 aliphatic carbocycles. The van der Waals surface area contributed by atoms with Crippen LogP contribution in [0.25, 0.3) is 0 Å². The van der Waals surface area contributed by atoms with Crippen LogP contribution in [0.15, 0.2) is 23.1 Å². The molecule has 1 aromatic rings. The molecular formula is C16H24N2O4S. The molecular weight excluding hydrogens is 316 g/mol. The Morgan fingerprint density at radius 3 is 2.43 bits per heavy atom. The molecule has 0 unspecified atom stereocenters. The van der Waals surface area contributed by atoms with E-state index in [1.807, 2.05) is 0 Å². The van der Waals surface area contributed by atoms with E-state index in [-0.39, 0.29) is 16.8 Å². The van der Waals surface area contributed by atoms with Crippen molar-refractivity contribution in [3.05, 3.63) is 18.2 Å². The van der Waals surface area contributed by atoms with E-state index in [2.05, 4.69) is 17.0 Å². The largest absolute Gasteiger partial charge is 0.495 e. The second kappa shape index (κ2) is 7.31. The number of benzene rings is 1. The lowest BCUT2D eigenvalue weighted by Crippen LogP contribution is -2.37. The van der Waals surface area contributed by atoms with Gasteiger partial charge in [-0.2, -0.15) is 0 Å². The van der Waals surface area contributed by atoms with Crippen LogP contribution in [0, 0.1) is 5.92 Å². The van der Waals surface area contributed by atoms with E-state index < -0.39 is 10.0 Å². The summed E-state index contributed by atoms with van der Waals surface area (Å²) in [5.74, 6) is 0.737. The monoisotopic (exact) mass is 340 g/mol. The highest BCUT2D eigenvalue weighted by Crippen LogP contribution is 2.29. The van der Waals surface area contributed by atoms with Crippen molar-refractivity contribution in [1.29, 1.82) is 0 Å². The number of sulfonamides is 1. The topological polar surface area (TPSA) is 84.5 Å². The zero-order valence-electron chi connectivity index (χ0n) is 13.8.